The maximum atomic E-state index is 12.0. The highest BCUT2D eigenvalue weighted by Crippen LogP contribution is 2.20. The summed E-state index contributed by atoms with van der Waals surface area (Å²) in [7, 11) is 1.93. The van der Waals surface area contributed by atoms with Crippen LogP contribution in [-0.4, -0.2) is 57.3 Å². The maximum absolute atomic E-state index is 12.0. The molecule has 0 aliphatic carbocycles. The minimum Gasteiger partial charge on any atom is -0.354 e. The first-order chi connectivity index (χ1) is 11.2. The van der Waals surface area contributed by atoms with Crippen molar-refractivity contribution >= 4 is 28.8 Å². The van der Waals surface area contributed by atoms with Gasteiger partial charge in [0.25, 0.3) is 0 Å². The normalized spacial score (nSPS) is 15.9. The van der Waals surface area contributed by atoms with Crippen LogP contribution in [0.2, 0.25) is 0 Å². The summed E-state index contributed by atoms with van der Waals surface area (Å²) >= 11 is 1.45. The third-order valence-corrected chi connectivity index (χ3v) is 5.15. The summed E-state index contributed by atoms with van der Waals surface area (Å²) < 4.78 is 1.93. The summed E-state index contributed by atoms with van der Waals surface area (Å²) in [5.41, 5.74) is 1.71. The van der Waals surface area contributed by atoms with Gasteiger partial charge in [0.2, 0.25) is 5.91 Å². The monoisotopic (exact) mass is 333 g/mol. The van der Waals surface area contributed by atoms with E-state index < -0.39 is 0 Å². The number of amides is 1. The lowest BCUT2D eigenvalue weighted by molar-refractivity contribution is -0.118. The predicted octanol–water partition coefficient (Wildman–Crippen LogP) is 1.66. The smallest absolute Gasteiger partial charge is 0.230 e. The van der Waals surface area contributed by atoms with E-state index in [9.17, 15) is 4.79 Å². The first kappa shape index (κ1) is 16.3. The van der Waals surface area contributed by atoms with Crippen LogP contribution >= 0.6 is 11.8 Å². The van der Waals surface area contributed by atoms with Gasteiger partial charge in [0.05, 0.1) is 5.75 Å². The van der Waals surface area contributed by atoms with Crippen molar-refractivity contribution in [1.29, 1.82) is 0 Å². The van der Waals surface area contributed by atoms with Crippen molar-refractivity contribution in [1.82, 2.24) is 24.8 Å². The van der Waals surface area contributed by atoms with Gasteiger partial charge in [-0.15, -0.1) is 0 Å². The number of aromatic nitrogens is 3. The SMILES string of the molecule is Cn1c(SCC(=O)NCCN2CCCCC2)nc2cccnc21. The van der Waals surface area contributed by atoms with Crippen LogP contribution in [-0.2, 0) is 11.8 Å². The minimum atomic E-state index is 0.0621. The molecule has 0 aromatic carbocycles. The van der Waals surface area contributed by atoms with Gasteiger partial charge in [-0.2, -0.15) is 0 Å². The van der Waals surface area contributed by atoms with Gasteiger partial charge in [-0.3, -0.25) is 4.79 Å². The van der Waals surface area contributed by atoms with Crippen LogP contribution in [0.25, 0.3) is 11.2 Å². The number of imidazole rings is 1. The van der Waals surface area contributed by atoms with Gasteiger partial charge in [0.1, 0.15) is 5.52 Å². The van der Waals surface area contributed by atoms with E-state index in [1.165, 1.54) is 31.0 Å². The van der Waals surface area contributed by atoms with Crippen molar-refractivity contribution in [3.05, 3.63) is 18.3 Å². The number of carbonyl (C=O) groups is 1. The van der Waals surface area contributed by atoms with E-state index >= 15 is 0 Å². The number of likely N-dealkylation sites (tertiary alicyclic amines) is 1. The fourth-order valence-electron chi connectivity index (χ4n) is 2.85. The van der Waals surface area contributed by atoms with E-state index in [4.69, 9.17) is 0 Å². The van der Waals surface area contributed by atoms with Gasteiger partial charge >= 0.3 is 0 Å². The molecule has 6 nitrogen and oxygen atoms in total. The molecule has 1 saturated heterocycles. The third kappa shape index (κ3) is 4.23. The molecule has 0 bridgehead atoms. The molecule has 1 fully saturated rings. The lowest BCUT2D eigenvalue weighted by atomic mass is 10.1. The Bertz CT molecular complexity index is 666. The Morgan fingerprint density at radius 3 is 2.96 bits per heavy atom. The number of nitrogens with zero attached hydrogens (tertiary/aromatic N) is 4. The molecule has 3 rings (SSSR count). The third-order valence-electron chi connectivity index (χ3n) is 4.12. The zero-order chi connectivity index (χ0) is 16.1. The van der Waals surface area contributed by atoms with E-state index in [1.807, 2.05) is 23.7 Å². The standard InChI is InChI=1S/C16H23N5OS/c1-20-15-13(6-5-7-18-15)19-16(20)23-12-14(22)17-8-11-21-9-3-2-4-10-21/h5-7H,2-4,8-12H2,1H3,(H,17,22). The Labute approximate surface area is 140 Å². The predicted molar refractivity (Wildman–Crippen MR) is 92.5 cm³/mol. The molecule has 0 saturated carbocycles. The molecule has 1 aliphatic heterocycles. The summed E-state index contributed by atoms with van der Waals surface area (Å²) in [6.45, 7) is 4.01. The van der Waals surface area contributed by atoms with Crippen LogP contribution in [0.4, 0.5) is 0 Å². The van der Waals surface area contributed by atoms with Crippen molar-refractivity contribution in [2.75, 3.05) is 31.9 Å². The molecule has 1 aliphatic rings. The summed E-state index contributed by atoms with van der Waals surface area (Å²) in [4.78, 5) is 23.2. The number of hydrogen-bond donors (Lipinski definition) is 1. The Balaban J connectivity index is 1.43. The quantitative estimate of drug-likeness (QED) is 0.815. The number of thioether (sulfide) groups is 1. The Hall–Kier alpha value is -1.60. The number of rotatable bonds is 6. The molecule has 7 heteroatoms. The number of pyridine rings is 1. The molecular weight excluding hydrogens is 310 g/mol. The number of fused-ring (bicyclic) bond motifs is 1. The lowest BCUT2D eigenvalue weighted by Gasteiger charge is -2.26. The largest absolute Gasteiger partial charge is 0.354 e. The number of aryl methyl sites for hydroxylation is 1. The molecule has 0 radical (unpaired) electrons. The molecule has 1 N–H and O–H groups in total. The number of piperidine rings is 1. The molecule has 1 amide bonds. The second kappa shape index (κ2) is 7.79. The minimum absolute atomic E-state index is 0.0621. The first-order valence-electron chi connectivity index (χ1n) is 8.13. The maximum Gasteiger partial charge on any atom is 0.230 e. The van der Waals surface area contributed by atoms with Gasteiger partial charge in [0, 0.05) is 26.3 Å². The van der Waals surface area contributed by atoms with Crippen LogP contribution in [0.1, 0.15) is 19.3 Å². The van der Waals surface area contributed by atoms with Crippen LogP contribution in [0.15, 0.2) is 23.5 Å². The number of nitrogens with one attached hydrogen (secondary N) is 1. The van der Waals surface area contributed by atoms with Crippen molar-refractivity contribution in [3.8, 4) is 0 Å². The van der Waals surface area contributed by atoms with E-state index in [2.05, 4.69) is 20.2 Å². The van der Waals surface area contributed by atoms with Crippen molar-refractivity contribution in [2.24, 2.45) is 7.05 Å². The molecule has 3 heterocycles. The van der Waals surface area contributed by atoms with Crippen LogP contribution in [0, 0.1) is 0 Å². The second-order valence-electron chi connectivity index (χ2n) is 5.84. The molecule has 124 valence electrons. The topological polar surface area (TPSA) is 63.1 Å². The lowest BCUT2D eigenvalue weighted by Crippen LogP contribution is -2.38. The fraction of sp³-hybridized carbons (Fsp3) is 0.562. The number of hydrogen-bond acceptors (Lipinski definition) is 5. The Morgan fingerprint density at radius 2 is 2.17 bits per heavy atom. The average Bonchev–Trinajstić information content (AvgIpc) is 2.90. The first-order valence-corrected chi connectivity index (χ1v) is 9.12. The van der Waals surface area contributed by atoms with E-state index in [-0.39, 0.29) is 5.91 Å². The van der Waals surface area contributed by atoms with E-state index in [0.717, 1.165) is 42.5 Å². The highest BCUT2D eigenvalue weighted by molar-refractivity contribution is 7.99. The second-order valence-corrected chi connectivity index (χ2v) is 6.78. The van der Waals surface area contributed by atoms with Gasteiger partial charge in [-0.25, -0.2) is 9.97 Å². The molecular formula is C16H23N5OS. The average molecular weight is 333 g/mol. The fourth-order valence-corrected chi connectivity index (χ4v) is 3.65. The van der Waals surface area contributed by atoms with E-state index in [1.54, 1.807) is 6.20 Å². The summed E-state index contributed by atoms with van der Waals surface area (Å²) in [5.74, 6) is 0.448. The molecule has 0 atom stereocenters. The zero-order valence-electron chi connectivity index (χ0n) is 13.5. The van der Waals surface area contributed by atoms with Gasteiger partial charge < -0.3 is 14.8 Å². The van der Waals surface area contributed by atoms with Gasteiger partial charge in [-0.1, -0.05) is 18.2 Å². The summed E-state index contributed by atoms with van der Waals surface area (Å²) in [6.07, 6.45) is 5.66. The summed E-state index contributed by atoms with van der Waals surface area (Å²) in [5, 5.41) is 3.82. The van der Waals surface area contributed by atoms with Crippen molar-refractivity contribution in [2.45, 2.75) is 24.4 Å². The highest BCUT2D eigenvalue weighted by atomic mass is 32.2. The Morgan fingerprint density at radius 1 is 1.35 bits per heavy atom. The van der Waals surface area contributed by atoms with Crippen molar-refractivity contribution < 1.29 is 4.79 Å². The summed E-state index contributed by atoms with van der Waals surface area (Å²) in [6, 6.07) is 3.81. The van der Waals surface area contributed by atoms with Gasteiger partial charge in [0.15, 0.2) is 10.8 Å². The molecule has 23 heavy (non-hydrogen) atoms. The van der Waals surface area contributed by atoms with Crippen LogP contribution < -0.4 is 5.32 Å². The molecule has 2 aromatic heterocycles. The molecule has 2 aromatic rings. The number of carbonyl (C=O) groups excluding carboxylic acids is 1. The Kier molecular flexibility index (Phi) is 5.51. The van der Waals surface area contributed by atoms with Gasteiger partial charge in [-0.05, 0) is 38.1 Å². The molecule has 0 spiro atoms. The van der Waals surface area contributed by atoms with Crippen molar-refractivity contribution in [3.63, 3.8) is 0 Å². The van der Waals surface area contributed by atoms with Crippen LogP contribution in [0.5, 0.6) is 0 Å². The van der Waals surface area contributed by atoms with Crippen LogP contribution in [0.3, 0.4) is 0 Å². The van der Waals surface area contributed by atoms with E-state index in [0.29, 0.717) is 5.75 Å². The molecule has 0 unspecified atom stereocenters. The highest BCUT2D eigenvalue weighted by Gasteiger charge is 2.12. The zero-order valence-corrected chi connectivity index (χ0v) is 14.3.